The fourth-order valence-corrected chi connectivity index (χ4v) is 2.18. The fourth-order valence-electron chi connectivity index (χ4n) is 2.18. The number of carbonyl (C=O) groups excluding carboxylic acids is 1. The minimum Gasteiger partial charge on any atom is -0.481 e. The first-order valence-corrected chi connectivity index (χ1v) is 6.44. The number of amides is 1. The summed E-state index contributed by atoms with van der Waals surface area (Å²) in [6.07, 6.45) is 1.18. The van der Waals surface area contributed by atoms with Crippen LogP contribution in [0.25, 0.3) is 0 Å². The molecule has 1 saturated heterocycles. The fraction of sp³-hybridized carbons (Fsp3) is 0.846. The SMILES string of the molecule is CC(C)OC(=O)N1CCCC(C(C)(C)C(=O)O)C1. The van der Waals surface area contributed by atoms with Crippen molar-refractivity contribution in [3.05, 3.63) is 0 Å². The lowest BCUT2D eigenvalue weighted by molar-refractivity contribution is -0.151. The number of ether oxygens (including phenoxy) is 1. The van der Waals surface area contributed by atoms with Crippen LogP contribution in [0.5, 0.6) is 0 Å². The Hall–Kier alpha value is -1.26. The Morgan fingerprint density at radius 2 is 2.00 bits per heavy atom. The first-order valence-electron chi connectivity index (χ1n) is 6.44. The third kappa shape index (κ3) is 3.37. The molecule has 1 amide bonds. The van der Waals surface area contributed by atoms with Crippen LogP contribution in [0, 0.1) is 11.3 Å². The summed E-state index contributed by atoms with van der Waals surface area (Å²) in [5.74, 6) is -0.838. The summed E-state index contributed by atoms with van der Waals surface area (Å²) < 4.78 is 5.15. The zero-order valence-corrected chi connectivity index (χ0v) is 11.6. The van der Waals surface area contributed by atoms with Crippen LogP contribution >= 0.6 is 0 Å². The topological polar surface area (TPSA) is 66.8 Å². The average molecular weight is 257 g/mol. The highest BCUT2D eigenvalue weighted by Gasteiger charge is 2.40. The molecule has 18 heavy (non-hydrogen) atoms. The van der Waals surface area contributed by atoms with E-state index in [-0.39, 0.29) is 18.1 Å². The molecule has 1 unspecified atom stereocenters. The molecule has 5 heteroatoms. The highest BCUT2D eigenvalue weighted by Crippen LogP contribution is 2.34. The summed E-state index contributed by atoms with van der Waals surface area (Å²) in [7, 11) is 0. The van der Waals surface area contributed by atoms with Crippen LogP contribution in [-0.4, -0.2) is 41.3 Å². The molecule has 1 fully saturated rings. The number of likely N-dealkylation sites (tertiary alicyclic amines) is 1. The van der Waals surface area contributed by atoms with E-state index in [0.29, 0.717) is 13.1 Å². The second kappa shape index (κ2) is 5.59. The number of aliphatic carboxylic acids is 1. The van der Waals surface area contributed by atoms with E-state index in [1.807, 2.05) is 0 Å². The summed E-state index contributed by atoms with van der Waals surface area (Å²) in [6, 6.07) is 0. The van der Waals surface area contributed by atoms with Crippen molar-refractivity contribution >= 4 is 12.1 Å². The van der Waals surface area contributed by atoms with Crippen molar-refractivity contribution in [1.82, 2.24) is 4.90 Å². The van der Waals surface area contributed by atoms with E-state index in [4.69, 9.17) is 4.74 Å². The number of hydrogen-bond donors (Lipinski definition) is 1. The number of carboxylic acids is 1. The molecule has 104 valence electrons. The van der Waals surface area contributed by atoms with Gasteiger partial charge in [0.2, 0.25) is 0 Å². The molecule has 0 bridgehead atoms. The molecule has 0 aliphatic carbocycles. The Morgan fingerprint density at radius 1 is 1.39 bits per heavy atom. The molecule has 0 aromatic heterocycles. The summed E-state index contributed by atoms with van der Waals surface area (Å²) in [6.45, 7) is 8.16. The Balaban J connectivity index is 2.67. The molecule has 1 aliphatic rings. The van der Waals surface area contributed by atoms with Gasteiger partial charge in [-0.15, -0.1) is 0 Å². The van der Waals surface area contributed by atoms with Gasteiger partial charge in [0.25, 0.3) is 0 Å². The number of rotatable bonds is 3. The molecule has 1 heterocycles. The molecule has 1 rings (SSSR count). The normalized spacial score (nSPS) is 20.9. The largest absolute Gasteiger partial charge is 0.481 e. The lowest BCUT2D eigenvalue weighted by atomic mass is 9.75. The van der Waals surface area contributed by atoms with Crippen LogP contribution < -0.4 is 0 Å². The van der Waals surface area contributed by atoms with E-state index < -0.39 is 11.4 Å². The van der Waals surface area contributed by atoms with Crippen molar-refractivity contribution in [1.29, 1.82) is 0 Å². The number of nitrogens with zero attached hydrogens (tertiary/aromatic N) is 1. The minimum absolute atomic E-state index is 0.0246. The molecule has 0 aromatic carbocycles. The number of piperidine rings is 1. The van der Waals surface area contributed by atoms with Gasteiger partial charge in [0.1, 0.15) is 0 Å². The first kappa shape index (κ1) is 14.8. The van der Waals surface area contributed by atoms with Crippen molar-refractivity contribution in [3.8, 4) is 0 Å². The van der Waals surface area contributed by atoms with E-state index in [1.165, 1.54) is 0 Å². The highest BCUT2D eigenvalue weighted by molar-refractivity contribution is 5.74. The molecule has 1 atom stereocenters. The van der Waals surface area contributed by atoms with Gasteiger partial charge in [-0.25, -0.2) is 4.79 Å². The van der Waals surface area contributed by atoms with Gasteiger partial charge in [0.05, 0.1) is 11.5 Å². The molecule has 5 nitrogen and oxygen atoms in total. The zero-order chi connectivity index (χ0) is 13.9. The molecular weight excluding hydrogens is 234 g/mol. The van der Waals surface area contributed by atoms with E-state index in [9.17, 15) is 14.7 Å². The van der Waals surface area contributed by atoms with Crippen molar-refractivity contribution in [3.63, 3.8) is 0 Å². The zero-order valence-electron chi connectivity index (χ0n) is 11.6. The summed E-state index contributed by atoms with van der Waals surface area (Å²) in [4.78, 5) is 24.7. The number of hydrogen-bond acceptors (Lipinski definition) is 3. The Bertz CT molecular complexity index is 325. The van der Waals surface area contributed by atoms with Crippen molar-refractivity contribution in [2.45, 2.75) is 46.6 Å². The minimum atomic E-state index is -0.813. The van der Waals surface area contributed by atoms with Crippen LogP contribution in [0.15, 0.2) is 0 Å². The summed E-state index contributed by atoms with van der Waals surface area (Å²) in [5, 5.41) is 9.23. The molecule has 0 spiro atoms. The Labute approximate surface area is 108 Å². The lowest BCUT2D eigenvalue weighted by Gasteiger charge is -2.38. The monoisotopic (exact) mass is 257 g/mol. The van der Waals surface area contributed by atoms with E-state index in [2.05, 4.69) is 0 Å². The molecular formula is C13H23NO4. The molecule has 0 saturated carbocycles. The van der Waals surface area contributed by atoms with Crippen LogP contribution in [-0.2, 0) is 9.53 Å². The second-order valence-corrected chi connectivity index (χ2v) is 5.74. The number of carboxylic acid groups (broad SMARTS) is 1. The van der Waals surface area contributed by atoms with E-state index in [0.717, 1.165) is 12.8 Å². The summed E-state index contributed by atoms with van der Waals surface area (Å²) in [5.41, 5.74) is -0.809. The third-order valence-corrected chi connectivity index (χ3v) is 3.59. The van der Waals surface area contributed by atoms with Crippen molar-refractivity contribution < 1.29 is 19.4 Å². The van der Waals surface area contributed by atoms with Crippen LogP contribution in [0.1, 0.15) is 40.5 Å². The Morgan fingerprint density at radius 3 is 2.50 bits per heavy atom. The van der Waals surface area contributed by atoms with Gasteiger partial charge in [-0.05, 0) is 46.5 Å². The summed E-state index contributed by atoms with van der Waals surface area (Å²) >= 11 is 0. The maximum Gasteiger partial charge on any atom is 0.410 e. The molecule has 1 aliphatic heterocycles. The van der Waals surface area contributed by atoms with Gasteiger partial charge in [-0.1, -0.05) is 0 Å². The average Bonchev–Trinajstić information content (AvgIpc) is 2.28. The van der Waals surface area contributed by atoms with Crippen LogP contribution in [0.3, 0.4) is 0 Å². The quantitative estimate of drug-likeness (QED) is 0.842. The second-order valence-electron chi connectivity index (χ2n) is 5.74. The Kier molecular flexibility index (Phi) is 4.59. The first-order chi connectivity index (χ1) is 8.25. The molecule has 0 aromatic rings. The van der Waals surface area contributed by atoms with Gasteiger partial charge in [0.15, 0.2) is 0 Å². The van der Waals surface area contributed by atoms with Crippen LogP contribution in [0.4, 0.5) is 4.79 Å². The van der Waals surface area contributed by atoms with E-state index >= 15 is 0 Å². The van der Waals surface area contributed by atoms with Gasteiger partial charge in [-0.2, -0.15) is 0 Å². The number of carbonyl (C=O) groups is 2. The maximum atomic E-state index is 11.8. The maximum absolute atomic E-state index is 11.8. The molecule has 0 radical (unpaired) electrons. The van der Waals surface area contributed by atoms with Gasteiger partial charge < -0.3 is 14.7 Å². The van der Waals surface area contributed by atoms with Gasteiger partial charge in [-0.3, -0.25) is 4.79 Å². The third-order valence-electron chi connectivity index (χ3n) is 3.59. The van der Waals surface area contributed by atoms with Crippen LogP contribution in [0.2, 0.25) is 0 Å². The lowest BCUT2D eigenvalue weighted by Crippen LogP contribution is -2.47. The van der Waals surface area contributed by atoms with Gasteiger partial charge in [0, 0.05) is 13.1 Å². The predicted molar refractivity (Wildman–Crippen MR) is 67.3 cm³/mol. The standard InChI is InChI=1S/C13H23NO4/c1-9(2)18-12(17)14-7-5-6-10(8-14)13(3,4)11(15)16/h9-10H,5-8H2,1-4H3,(H,15,16). The van der Waals surface area contributed by atoms with Crippen molar-refractivity contribution in [2.75, 3.05) is 13.1 Å². The van der Waals surface area contributed by atoms with E-state index in [1.54, 1.807) is 32.6 Å². The molecule has 1 N–H and O–H groups in total. The predicted octanol–water partition coefficient (Wildman–Crippen LogP) is 2.35. The smallest absolute Gasteiger partial charge is 0.410 e. The van der Waals surface area contributed by atoms with Crippen molar-refractivity contribution in [2.24, 2.45) is 11.3 Å². The highest BCUT2D eigenvalue weighted by atomic mass is 16.6. The van der Waals surface area contributed by atoms with Gasteiger partial charge >= 0.3 is 12.1 Å².